The van der Waals surface area contributed by atoms with E-state index in [1.54, 1.807) is 0 Å². The molecular weight excluding hydrogens is 673 g/mol. The second kappa shape index (κ2) is 13.2. The number of rotatable bonds is 5. The minimum Gasteiger partial charge on any atom is -0.0622 e. The first-order chi connectivity index (χ1) is 27.8. The minimum atomic E-state index is 1.21. The largest absolute Gasteiger partial charge is 0.0622 e. The average molecular weight is 709 g/mol. The van der Waals surface area contributed by atoms with Gasteiger partial charge >= 0.3 is 0 Å². The molecule has 11 aromatic carbocycles. The van der Waals surface area contributed by atoms with E-state index in [4.69, 9.17) is 0 Å². The van der Waals surface area contributed by atoms with Crippen LogP contribution in [-0.4, -0.2) is 0 Å². The Hall–Kier alpha value is -7.28. The van der Waals surface area contributed by atoms with Gasteiger partial charge in [-0.05, 0) is 128 Å². The molecule has 0 nitrogen and oxygen atoms in total. The van der Waals surface area contributed by atoms with Crippen molar-refractivity contribution in [1.82, 2.24) is 0 Å². The van der Waals surface area contributed by atoms with E-state index in [-0.39, 0.29) is 0 Å². The fourth-order valence-electron chi connectivity index (χ4n) is 9.02. The summed E-state index contributed by atoms with van der Waals surface area (Å²) in [5, 5.41) is 12.7. The summed E-state index contributed by atoms with van der Waals surface area (Å²) in [4.78, 5) is 0. The summed E-state index contributed by atoms with van der Waals surface area (Å²) in [6.07, 6.45) is 0. The number of hydrogen-bond donors (Lipinski definition) is 0. The molecular formula is C56H36. The summed E-state index contributed by atoms with van der Waals surface area (Å²) < 4.78 is 0. The predicted octanol–water partition coefficient (Wildman–Crippen LogP) is 15.8. The molecule has 11 rings (SSSR count). The zero-order valence-electron chi connectivity index (χ0n) is 30.8. The van der Waals surface area contributed by atoms with Crippen molar-refractivity contribution in [2.24, 2.45) is 0 Å². The quantitative estimate of drug-likeness (QED) is 0.123. The van der Waals surface area contributed by atoms with E-state index in [0.29, 0.717) is 0 Å². The Kier molecular flexibility index (Phi) is 7.60. The van der Waals surface area contributed by atoms with Crippen LogP contribution in [-0.2, 0) is 0 Å². The van der Waals surface area contributed by atoms with Gasteiger partial charge in [0.2, 0.25) is 0 Å². The first kappa shape index (κ1) is 32.2. The van der Waals surface area contributed by atoms with Crippen LogP contribution < -0.4 is 0 Å². The van der Waals surface area contributed by atoms with Crippen molar-refractivity contribution in [3.8, 4) is 55.6 Å². The standard InChI is InChI=1S/C56H36/c1-2-14-39(15-3-1)45-17-6-9-21-49(45)56-52-24-12-10-22-50(52)55(51-23-11-13-25-53(51)56)43-33-29-38-28-32-41(34-44(38)35-43)37-26-30-40(31-27-37)54-36-42-16-4-5-18-46(42)47-19-7-8-20-48(47)54/h1-36H. The minimum absolute atomic E-state index is 1.21. The molecule has 0 aliphatic carbocycles. The Bertz CT molecular complexity index is 3220. The maximum Gasteiger partial charge on any atom is -0.00201 e. The SMILES string of the molecule is c1ccc(-c2ccccc2-c2c3ccccc3c(-c3ccc4ccc(-c5ccc(-c6cc7ccccc7c7ccccc67)cc5)cc4c3)c3ccccc23)cc1. The molecule has 0 fully saturated rings. The molecule has 0 spiro atoms. The molecule has 0 aromatic heterocycles. The highest BCUT2D eigenvalue weighted by molar-refractivity contribution is 6.23. The number of benzene rings is 11. The van der Waals surface area contributed by atoms with Gasteiger partial charge in [0, 0.05) is 0 Å². The summed E-state index contributed by atoms with van der Waals surface area (Å²) in [5.74, 6) is 0. The van der Waals surface area contributed by atoms with Crippen molar-refractivity contribution in [2.45, 2.75) is 0 Å². The summed E-state index contributed by atoms with van der Waals surface area (Å²) >= 11 is 0. The third-order valence-corrected chi connectivity index (χ3v) is 11.6. The van der Waals surface area contributed by atoms with E-state index in [1.165, 1.54) is 109 Å². The fourth-order valence-corrected chi connectivity index (χ4v) is 9.02. The van der Waals surface area contributed by atoms with E-state index in [2.05, 4.69) is 218 Å². The van der Waals surface area contributed by atoms with Gasteiger partial charge in [-0.3, -0.25) is 0 Å². The van der Waals surface area contributed by atoms with Crippen molar-refractivity contribution >= 4 is 53.9 Å². The Morgan fingerprint density at radius 3 is 1.34 bits per heavy atom. The lowest BCUT2D eigenvalue weighted by Crippen LogP contribution is -1.92. The second-order valence-electron chi connectivity index (χ2n) is 14.8. The van der Waals surface area contributed by atoms with Gasteiger partial charge in [0.25, 0.3) is 0 Å². The molecule has 0 atom stereocenters. The van der Waals surface area contributed by atoms with Gasteiger partial charge in [-0.1, -0.05) is 200 Å². The normalized spacial score (nSPS) is 11.6. The van der Waals surface area contributed by atoms with E-state index >= 15 is 0 Å². The van der Waals surface area contributed by atoms with Crippen LogP contribution in [0.2, 0.25) is 0 Å². The molecule has 0 unspecified atom stereocenters. The lowest BCUT2D eigenvalue weighted by atomic mass is 9.83. The second-order valence-corrected chi connectivity index (χ2v) is 14.8. The molecule has 260 valence electrons. The Balaban J connectivity index is 1.04. The van der Waals surface area contributed by atoms with Gasteiger partial charge in [-0.25, -0.2) is 0 Å². The van der Waals surface area contributed by atoms with Crippen LogP contribution in [0.3, 0.4) is 0 Å². The lowest BCUT2D eigenvalue weighted by Gasteiger charge is -2.20. The highest BCUT2D eigenvalue weighted by Gasteiger charge is 2.19. The van der Waals surface area contributed by atoms with E-state index in [1.807, 2.05) is 0 Å². The van der Waals surface area contributed by atoms with Gasteiger partial charge in [-0.15, -0.1) is 0 Å². The van der Waals surface area contributed by atoms with Crippen molar-refractivity contribution < 1.29 is 0 Å². The molecule has 0 aliphatic rings. The van der Waals surface area contributed by atoms with Crippen molar-refractivity contribution in [3.05, 3.63) is 218 Å². The fraction of sp³-hybridized carbons (Fsp3) is 0. The van der Waals surface area contributed by atoms with E-state index < -0.39 is 0 Å². The third kappa shape index (κ3) is 5.30. The molecule has 0 amide bonds. The molecule has 0 radical (unpaired) electrons. The lowest BCUT2D eigenvalue weighted by molar-refractivity contribution is 1.61. The van der Waals surface area contributed by atoms with Gasteiger partial charge in [-0.2, -0.15) is 0 Å². The third-order valence-electron chi connectivity index (χ3n) is 11.6. The first-order valence-electron chi connectivity index (χ1n) is 19.4. The van der Waals surface area contributed by atoms with Gasteiger partial charge in [0.05, 0.1) is 0 Å². The van der Waals surface area contributed by atoms with Crippen LogP contribution in [0.4, 0.5) is 0 Å². The summed E-state index contributed by atoms with van der Waals surface area (Å²) in [5.41, 5.74) is 12.4. The van der Waals surface area contributed by atoms with E-state index in [0.717, 1.165) is 0 Å². The summed E-state index contributed by atoms with van der Waals surface area (Å²) in [6, 6.07) is 80.3. The van der Waals surface area contributed by atoms with E-state index in [9.17, 15) is 0 Å². The summed E-state index contributed by atoms with van der Waals surface area (Å²) in [7, 11) is 0. The number of hydrogen-bond acceptors (Lipinski definition) is 0. The molecule has 0 heterocycles. The summed E-state index contributed by atoms with van der Waals surface area (Å²) in [6.45, 7) is 0. The Morgan fingerprint density at radius 2 is 0.643 bits per heavy atom. The zero-order chi connectivity index (χ0) is 37.0. The number of fused-ring (bicyclic) bond motifs is 6. The topological polar surface area (TPSA) is 0 Å². The molecule has 0 saturated heterocycles. The monoisotopic (exact) mass is 708 g/mol. The van der Waals surface area contributed by atoms with Crippen LogP contribution in [0.25, 0.3) is 109 Å². The van der Waals surface area contributed by atoms with Gasteiger partial charge in [0.15, 0.2) is 0 Å². The zero-order valence-corrected chi connectivity index (χ0v) is 30.8. The smallest absolute Gasteiger partial charge is 0.00201 e. The van der Waals surface area contributed by atoms with Gasteiger partial charge in [0.1, 0.15) is 0 Å². The first-order valence-corrected chi connectivity index (χ1v) is 19.4. The maximum atomic E-state index is 2.39. The molecule has 0 N–H and O–H groups in total. The van der Waals surface area contributed by atoms with Crippen molar-refractivity contribution in [3.63, 3.8) is 0 Å². The predicted molar refractivity (Wildman–Crippen MR) is 241 cm³/mol. The Morgan fingerprint density at radius 1 is 0.179 bits per heavy atom. The van der Waals surface area contributed by atoms with Crippen LogP contribution in [0, 0.1) is 0 Å². The molecule has 0 bridgehead atoms. The van der Waals surface area contributed by atoms with Crippen molar-refractivity contribution in [1.29, 1.82) is 0 Å². The molecule has 0 aliphatic heterocycles. The molecule has 0 saturated carbocycles. The Labute approximate surface area is 326 Å². The maximum absolute atomic E-state index is 2.39. The molecule has 56 heavy (non-hydrogen) atoms. The highest BCUT2D eigenvalue weighted by Crippen LogP contribution is 2.46. The van der Waals surface area contributed by atoms with Crippen molar-refractivity contribution in [2.75, 3.05) is 0 Å². The average Bonchev–Trinajstić information content (AvgIpc) is 3.28. The molecule has 0 heteroatoms. The van der Waals surface area contributed by atoms with Crippen LogP contribution in [0.1, 0.15) is 0 Å². The van der Waals surface area contributed by atoms with Crippen LogP contribution in [0.15, 0.2) is 218 Å². The molecule has 11 aromatic rings. The van der Waals surface area contributed by atoms with Crippen LogP contribution in [0.5, 0.6) is 0 Å². The highest BCUT2D eigenvalue weighted by atomic mass is 14.2. The van der Waals surface area contributed by atoms with Gasteiger partial charge < -0.3 is 0 Å². The van der Waals surface area contributed by atoms with Crippen LogP contribution >= 0.6 is 0 Å².